The van der Waals surface area contributed by atoms with Gasteiger partial charge in [-0.1, -0.05) is 13.3 Å². The lowest BCUT2D eigenvalue weighted by molar-refractivity contribution is -0.132. The van der Waals surface area contributed by atoms with Gasteiger partial charge in [0.1, 0.15) is 0 Å². The van der Waals surface area contributed by atoms with Gasteiger partial charge in [0, 0.05) is 13.6 Å². The summed E-state index contributed by atoms with van der Waals surface area (Å²) in [5, 5.41) is 3.27. The highest BCUT2D eigenvalue weighted by Crippen LogP contribution is 2.09. The number of hydrogen-bond acceptors (Lipinski definition) is 2. The average Bonchev–Trinajstić information content (AvgIpc) is 2.18. The van der Waals surface area contributed by atoms with Crippen molar-refractivity contribution < 1.29 is 4.79 Å². The van der Waals surface area contributed by atoms with Crippen LogP contribution >= 0.6 is 0 Å². The predicted octanol–water partition coefficient (Wildman–Crippen LogP) is 0.997. The van der Waals surface area contributed by atoms with Gasteiger partial charge in [-0.25, -0.2) is 0 Å². The smallest absolute Gasteiger partial charge is 0.239 e. The Kier molecular flexibility index (Phi) is 4.22. The fraction of sp³-hybridized carbons (Fsp3) is 0.900. The molecule has 1 amide bonds. The second-order valence-electron chi connectivity index (χ2n) is 3.76. The molecule has 13 heavy (non-hydrogen) atoms. The van der Waals surface area contributed by atoms with Gasteiger partial charge in [-0.15, -0.1) is 0 Å². The van der Waals surface area contributed by atoms with Gasteiger partial charge < -0.3 is 10.2 Å². The molecule has 1 unspecified atom stereocenters. The highest BCUT2D eigenvalue weighted by Gasteiger charge is 2.22. The minimum absolute atomic E-state index is 0.0882. The minimum Gasteiger partial charge on any atom is -0.344 e. The fourth-order valence-corrected chi connectivity index (χ4v) is 1.77. The summed E-state index contributed by atoms with van der Waals surface area (Å²) in [4.78, 5) is 13.6. The molecule has 0 aromatic rings. The van der Waals surface area contributed by atoms with E-state index in [-0.39, 0.29) is 11.9 Å². The van der Waals surface area contributed by atoms with Crippen molar-refractivity contribution in [1.29, 1.82) is 0 Å². The van der Waals surface area contributed by atoms with Gasteiger partial charge in [0.05, 0.1) is 6.04 Å². The Bertz CT molecular complexity index is 164. The van der Waals surface area contributed by atoms with Crippen LogP contribution in [-0.4, -0.2) is 37.0 Å². The Morgan fingerprint density at radius 3 is 2.85 bits per heavy atom. The van der Waals surface area contributed by atoms with Crippen LogP contribution in [0.2, 0.25) is 0 Å². The van der Waals surface area contributed by atoms with E-state index in [1.165, 1.54) is 12.8 Å². The molecule has 1 rings (SSSR count). The van der Waals surface area contributed by atoms with Gasteiger partial charge in [-0.2, -0.15) is 0 Å². The lowest BCUT2D eigenvalue weighted by Crippen LogP contribution is -2.47. The van der Waals surface area contributed by atoms with Crippen LogP contribution in [0.4, 0.5) is 0 Å². The van der Waals surface area contributed by atoms with Gasteiger partial charge in [-0.3, -0.25) is 4.79 Å². The molecule has 1 heterocycles. The highest BCUT2D eigenvalue weighted by atomic mass is 16.2. The van der Waals surface area contributed by atoms with Gasteiger partial charge in [0.25, 0.3) is 0 Å². The van der Waals surface area contributed by atoms with Crippen LogP contribution in [0.15, 0.2) is 0 Å². The van der Waals surface area contributed by atoms with Gasteiger partial charge in [0.15, 0.2) is 0 Å². The summed E-state index contributed by atoms with van der Waals surface area (Å²) in [6, 6.07) is 0.0882. The van der Waals surface area contributed by atoms with E-state index in [4.69, 9.17) is 0 Å². The minimum atomic E-state index is 0.0882. The first-order valence-electron chi connectivity index (χ1n) is 5.24. The molecule has 1 N–H and O–H groups in total. The quantitative estimate of drug-likeness (QED) is 0.709. The Morgan fingerprint density at radius 2 is 2.31 bits per heavy atom. The first kappa shape index (κ1) is 10.5. The average molecular weight is 184 g/mol. The SMILES string of the molecule is CCCN(C)C(=O)C1CCCCN1. The summed E-state index contributed by atoms with van der Waals surface area (Å²) in [7, 11) is 1.89. The fourth-order valence-electron chi connectivity index (χ4n) is 1.77. The van der Waals surface area contributed by atoms with Crippen molar-refractivity contribution >= 4 is 5.91 Å². The van der Waals surface area contributed by atoms with Crippen molar-refractivity contribution in [2.45, 2.75) is 38.6 Å². The number of carbonyl (C=O) groups is 1. The highest BCUT2D eigenvalue weighted by molar-refractivity contribution is 5.81. The molecule has 1 aliphatic heterocycles. The maximum atomic E-state index is 11.8. The van der Waals surface area contributed by atoms with E-state index in [1.807, 2.05) is 11.9 Å². The molecule has 0 aromatic carbocycles. The van der Waals surface area contributed by atoms with Crippen molar-refractivity contribution in [3.63, 3.8) is 0 Å². The predicted molar refractivity (Wildman–Crippen MR) is 53.6 cm³/mol. The molecule has 3 heteroatoms. The summed E-state index contributed by atoms with van der Waals surface area (Å²) < 4.78 is 0. The summed E-state index contributed by atoms with van der Waals surface area (Å²) in [5.41, 5.74) is 0. The lowest BCUT2D eigenvalue weighted by atomic mass is 10.0. The lowest BCUT2D eigenvalue weighted by Gasteiger charge is -2.27. The maximum Gasteiger partial charge on any atom is 0.239 e. The third-order valence-corrected chi connectivity index (χ3v) is 2.54. The van der Waals surface area contributed by atoms with Gasteiger partial charge in [-0.05, 0) is 25.8 Å². The number of likely N-dealkylation sites (N-methyl/N-ethyl adjacent to an activating group) is 1. The molecule has 76 valence electrons. The maximum absolute atomic E-state index is 11.8. The van der Waals surface area contributed by atoms with Crippen LogP contribution < -0.4 is 5.32 Å². The number of hydrogen-bond donors (Lipinski definition) is 1. The molecule has 0 saturated carbocycles. The number of carbonyl (C=O) groups excluding carboxylic acids is 1. The van der Waals surface area contributed by atoms with Crippen LogP contribution in [0.3, 0.4) is 0 Å². The van der Waals surface area contributed by atoms with E-state index in [2.05, 4.69) is 12.2 Å². The number of nitrogens with zero attached hydrogens (tertiary/aromatic N) is 1. The summed E-state index contributed by atoms with van der Waals surface area (Å²) >= 11 is 0. The molecule has 1 saturated heterocycles. The monoisotopic (exact) mass is 184 g/mol. The van der Waals surface area contributed by atoms with E-state index in [1.54, 1.807) is 0 Å². The Morgan fingerprint density at radius 1 is 1.54 bits per heavy atom. The molecule has 1 fully saturated rings. The van der Waals surface area contributed by atoms with E-state index >= 15 is 0 Å². The summed E-state index contributed by atoms with van der Waals surface area (Å²) in [6.45, 7) is 3.96. The Hall–Kier alpha value is -0.570. The van der Waals surface area contributed by atoms with E-state index in [0.29, 0.717) is 0 Å². The summed E-state index contributed by atoms with van der Waals surface area (Å²) in [6.07, 6.45) is 4.44. The Labute approximate surface area is 80.5 Å². The van der Waals surface area contributed by atoms with E-state index < -0.39 is 0 Å². The standard InChI is InChI=1S/C10H20N2O/c1-3-8-12(2)10(13)9-6-4-5-7-11-9/h9,11H,3-8H2,1-2H3. The molecular weight excluding hydrogens is 164 g/mol. The summed E-state index contributed by atoms with van der Waals surface area (Å²) in [5.74, 6) is 0.265. The molecule has 1 atom stereocenters. The van der Waals surface area contributed by atoms with E-state index in [0.717, 1.165) is 25.9 Å². The van der Waals surface area contributed by atoms with Crippen LogP contribution in [-0.2, 0) is 4.79 Å². The number of nitrogens with one attached hydrogen (secondary N) is 1. The van der Waals surface area contributed by atoms with Crippen LogP contribution in [0.5, 0.6) is 0 Å². The molecule has 0 spiro atoms. The van der Waals surface area contributed by atoms with E-state index in [9.17, 15) is 4.79 Å². The van der Waals surface area contributed by atoms with Gasteiger partial charge >= 0.3 is 0 Å². The third-order valence-electron chi connectivity index (χ3n) is 2.54. The zero-order valence-electron chi connectivity index (χ0n) is 8.68. The molecular formula is C10H20N2O. The molecule has 0 aromatic heterocycles. The van der Waals surface area contributed by atoms with Crippen molar-refractivity contribution in [3.05, 3.63) is 0 Å². The number of piperidine rings is 1. The van der Waals surface area contributed by atoms with Crippen LogP contribution in [0, 0.1) is 0 Å². The topological polar surface area (TPSA) is 32.3 Å². The van der Waals surface area contributed by atoms with Crippen molar-refractivity contribution in [2.75, 3.05) is 20.1 Å². The van der Waals surface area contributed by atoms with Crippen LogP contribution in [0.25, 0.3) is 0 Å². The molecule has 0 bridgehead atoms. The molecule has 0 radical (unpaired) electrons. The normalized spacial score (nSPS) is 22.8. The second-order valence-corrected chi connectivity index (χ2v) is 3.76. The second kappa shape index (κ2) is 5.22. The molecule has 0 aliphatic carbocycles. The van der Waals surface area contributed by atoms with Crippen molar-refractivity contribution in [1.82, 2.24) is 10.2 Å². The van der Waals surface area contributed by atoms with Crippen molar-refractivity contribution in [2.24, 2.45) is 0 Å². The number of rotatable bonds is 3. The zero-order chi connectivity index (χ0) is 9.68. The number of amides is 1. The zero-order valence-corrected chi connectivity index (χ0v) is 8.68. The first-order valence-corrected chi connectivity index (χ1v) is 5.24. The first-order chi connectivity index (χ1) is 6.25. The Balaban J connectivity index is 2.36. The third kappa shape index (κ3) is 2.99. The molecule has 1 aliphatic rings. The molecule has 3 nitrogen and oxygen atoms in total. The van der Waals surface area contributed by atoms with Gasteiger partial charge in [0.2, 0.25) is 5.91 Å². The van der Waals surface area contributed by atoms with Crippen molar-refractivity contribution in [3.8, 4) is 0 Å². The largest absolute Gasteiger partial charge is 0.344 e. The van der Waals surface area contributed by atoms with Crippen LogP contribution in [0.1, 0.15) is 32.6 Å².